The third-order valence-electron chi connectivity index (χ3n) is 2.13. The van der Waals surface area contributed by atoms with Crippen LogP contribution in [-0.4, -0.2) is 17.1 Å². The monoisotopic (exact) mass is 231 g/mol. The molecule has 88 valence electrons. The topological polar surface area (TPSA) is 70.3 Å². The molecule has 0 saturated carbocycles. The van der Waals surface area contributed by atoms with Crippen LogP contribution in [0.4, 0.5) is 5.69 Å². The molecule has 0 saturated heterocycles. The zero-order chi connectivity index (χ0) is 12.1. The standard InChI is InChI=1S/C12H13N3O2/c1-16-7-9-3-2-4-10(5-9)17-12-11(13)6-14-8-15-12/h2-6,8H,7,13H2,1H3. The summed E-state index contributed by atoms with van der Waals surface area (Å²) in [4.78, 5) is 7.76. The van der Waals surface area contributed by atoms with E-state index in [2.05, 4.69) is 9.97 Å². The first kappa shape index (κ1) is 11.3. The molecule has 1 aromatic carbocycles. The van der Waals surface area contributed by atoms with Crippen molar-refractivity contribution < 1.29 is 9.47 Å². The van der Waals surface area contributed by atoms with Gasteiger partial charge in [0.25, 0.3) is 0 Å². The van der Waals surface area contributed by atoms with Gasteiger partial charge >= 0.3 is 0 Å². The summed E-state index contributed by atoms with van der Waals surface area (Å²) in [5.41, 5.74) is 7.12. The molecule has 0 aliphatic heterocycles. The van der Waals surface area contributed by atoms with Crippen LogP contribution in [0.15, 0.2) is 36.8 Å². The maximum atomic E-state index is 5.69. The average molecular weight is 231 g/mol. The van der Waals surface area contributed by atoms with Crippen LogP contribution in [0.1, 0.15) is 5.56 Å². The Hall–Kier alpha value is -2.14. The van der Waals surface area contributed by atoms with Crippen LogP contribution in [-0.2, 0) is 11.3 Å². The van der Waals surface area contributed by atoms with Gasteiger partial charge in [0.1, 0.15) is 17.8 Å². The van der Waals surface area contributed by atoms with Gasteiger partial charge in [-0.1, -0.05) is 12.1 Å². The van der Waals surface area contributed by atoms with Gasteiger partial charge in [0.15, 0.2) is 0 Å². The lowest BCUT2D eigenvalue weighted by Gasteiger charge is -2.07. The molecule has 0 aliphatic rings. The van der Waals surface area contributed by atoms with Crippen LogP contribution >= 0.6 is 0 Å². The summed E-state index contributed by atoms with van der Waals surface area (Å²) in [5, 5.41) is 0. The summed E-state index contributed by atoms with van der Waals surface area (Å²) >= 11 is 0. The van der Waals surface area contributed by atoms with Crippen LogP contribution in [0.3, 0.4) is 0 Å². The number of ether oxygens (including phenoxy) is 2. The van der Waals surface area contributed by atoms with Gasteiger partial charge in [0.05, 0.1) is 12.8 Å². The zero-order valence-corrected chi connectivity index (χ0v) is 9.46. The van der Waals surface area contributed by atoms with Crippen molar-refractivity contribution in [3.8, 4) is 11.6 Å². The summed E-state index contributed by atoms with van der Waals surface area (Å²) in [5.74, 6) is 1.03. The van der Waals surface area contributed by atoms with Gasteiger partial charge in [-0.05, 0) is 17.7 Å². The summed E-state index contributed by atoms with van der Waals surface area (Å²) in [6.45, 7) is 0.538. The Kier molecular flexibility index (Phi) is 3.52. The lowest BCUT2D eigenvalue weighted by molar-refractivity contribution is 0.184. The molecule has 0 spiro atoms. The normalized spacial score (nSPS) is 10.2. The molecule has 5 heteroatoms. The van der Waals surface area contributed by atoms with Crippen molar-refractivity contribution in [2.45, 2.75) is 6.61 Å². The second-order valence-corrected chi connectivity index (χ2v) is 3.47. The number of rotatable bonds is 4. The number of benzene rings is 1. The molecule has 0 amide bonds. The van der Waals surface area contributed by atoms with E-state index in [0.29, 0.717) is 23.9 Å². The molecule has 2 aromatic rings. The van der Waals surface area contributed by atoms with E-state index in [4.69, 9.17) is 15.2 Å². The van der Waals surface area contributed by atoms with Crippen LogP contribution in [0, 0.1) is 0 Å². The third kappa shape index (κ3) is 2.92. The van der Waals surface area contributed by atoms with Crippen molar-refractivity contribution in [2.75, 3.05) is 12.8 Å². The number of anilines is 1. The van der Waals surface area contributed by atoms with E-state index in [9.17, 15) is 0 Å². The minimum Gasteiger partial charge on any atom is -0.437 e. The number of nitrogens with zero attached hydrogens (tertiary/aromatic N) is 2. The third-order valence-corrected chi connectivity index (χ3v) is 2.13. The van der Waals surface area contributed by atoms with Crippen LogP contribution < -0.4 is 10.5 Å². The molecule has 5 nitrogen and oxygen atoms in total. The Balaban J connectivity index is 2.18. The molecule has 1 heterocycles. The first-order valence-electron chi connectivity index (χ1n) is 5.11. The number of aromatic nitrogens is 2. The van der Waals surface area contributed by atoms with E-state index >= 15 is 0 Å². The van der Waals surface area contributed by atoms with Crippen LogP contribution in [0.2, 0.25) is 0 Å². The molecule has 0 bridgehead atoms. The fourth-order valence-corrected chi connectivity index (χ4v) is 1.39. The van der Waals surface area contributed by atoms with E-state index in [1.54, 1.807) is 7.11 Å². The number of nitrogen functional groups attached to an aromatic ring is 1. The van der Waals surface area contributed by atoms with Gasteiger partial charge < -0.3 is 15.2 Å². The molecule has 0 radical (unpaired) electrons. The SMILES string of the molecule is COCc1cccc(Oc2ncncc2N)c1. The van der Waals surface area contributed by atoms with Crippen LogP contribution in [0.5, 0.6) is 11.6 Å². The highest BCUT2D eigenvalue weighted by molar-refractivity contribution is 5.47. The Bertz CT molecular complexity index is 503. The fourth-order valence-electron chi connectivity index (χ4n) is 1.39. The second kappa shape index (κ2) is 5.27. The van der Waals surface area contributed by atoms with Gasteiger partial charge in [-0.25, -0.2) is 4.98 Å². The smallest absolute Gasteiger partial charge is 0.245 e. The molecule has 0 atom stereocenters. The van der Waals surface area contributed by atoms with Crippen LogP contribution in [0.25, 0.3) is 0 Å². The van der Waals surface area contributed by atoms with E-state index in [1.165, 1.54) is 12.5 Å². The Morgan fingerprint density at radius 1 is 1.35 bits per heavy atom. The number of hydrogen-bond acceptors (Lipinski definition) is 5. The quantitative estimate of drug-likeness (QED) is 0.871. The first-order chi connectivity index (χ1) is 8.29. The van der Waals surface area contributed by atoms with Crippen molar-refractivity contribution >= 4 is 5.69 Å². The molecule has 0 unspecified atom stereocenters. The summed E-state index contributed by atoms with van der Waals surface area (Å²) < 4.78 is 10.6. The van der Waals surface area contributed by atoms with E-state index in [-0.39, 0.29) is 0 Å². The highest BCUT2D eigenvalue weighted by Crippen LogP contribution is 2.24. The predicted molar refractivity (Wildman–Crippen MR) is 63.7 cm³/mol. The molecule has 2 N–H and O–H groups in total. The van der Waals surface area contributed by atoms with Gasteiger partial charge in [-0.3, -0.25) is 0 Å². The van der Waals surface area contributed by atoms with Gasteiger partial charge in [-0.2, -0.15) is 4.98 Å². The van der Waals surface area contributed by atoms with Gasteiger partial charge in [-0.15, -0.1) is 0 Å². The molecule has 0 fully saturated rings. The van der Waals surface area contributed by atoms with E-state index < -0.39 is 0 Å². The number of nitrogens with two attached hydrogens (primary N) is 1. The van der Waals surface area contributed by atoms with Crippen molar-refractivity contribution in [3.63, 3.8) is 0 Å². The highest BCUT2D eigenvalue weighted by Gasteiger charge is 2.03. The molecule has 1 aromatic heterocycles. The summed E-state index contributed by atoms with van der Waals surface area (Å²) in [6, 6.07) is 7.56. The molecular weight excluding hydrogens is 218 g/mol. The molecule has 2 rings (SSSR count). The summed E-state index contributed by atoms with van der Waals surface area (Å²) in [6.07, 6.45) is 2.89. The largest absolute Gasteiger partial charge is 0.437 e. The summed E-state index contributed by atoms with van der Waals surface area (Å²) in [7, 11) is 1.65. The van der Waals surface area contributed by atoms with E-state index in [1.807, 2.05) is 24.3 Å². The molecule has 0 aliphatic carbocycles. The predicted octanol–water partition coefficient (Wildman–Crippen LogP) is 2.00. The Morgan fingerprint density at radius 3 is 3.00 bits per heavy atom. The Labute approximate surface area is 99.2 Å². The first-order valence-corrected chi connectivity index (χ1v) is 5.11. The van der Waals surface area contributed by atoms with Crippen molar-refractivity contribution in [3.05, 3.63) is 42.4 Å². The van der Waals surface area contributed by atoms with E-state index in [0.717, 1.165) is 5.56 Å². The average Bonchev–Trinajstić information content (AvgIpc) is 2.33. The Morgan fingerprint density at radius 2 is 2.24 bits per heavy atom. The molecule has 17 heavy (non-hydrogen) atoms. The van der Waals surface area contributed by atoms with Gasteiger partial charge in [0, 0.05) is 7.11 Å². The number of hydrogen-bond donors (Lipinski definition) is 1. The fraction of sp³-hybridized carbons (Fsp3) is 0.167. The minimum absolute atomic E-state index is 0.356. The lowest BCUT2D eigenvalue weighted by atomic mass is 10.2. The van der Waals surface area contributed by atoms with Crippen molar-refractivity contribution in [2.24, 2.45) is 0 Å². The lowest BCUT2D eigenvalue weighted by Crippen LogP contribution is -1.96. The second-order valence-electron chi connectivity index (χ2n) is 3.47. The molecular formula is C12H13N3O2. The van der Waals surface area contributed by atoms with Crippen molar-refractivity contribution in [1.82, 2.24) is 9.97 Å². The van der Waals surface area contributed by atoms with Crippen molar-refractivity contribution in [1.29, 1.82) is 0 Å². The zero-order valence-electron chi connectivity index (χ0n) is 9.46. The minimum atomic E-state index is 0.356. The maximum Gasteiger partial charge on any atom is 0.245 e. The number of methoxy groups -OCH3 is 1. The maximum absolute atomic E-state index is 5.69. The highest BCUT2D eigenvalue weighted by atomic mass is 16.5. The van der Waals surface area contributed by atoms with Gasteiger partial charge in [0.2, 0.25) is 5.88 Å².